The number of nitrogens with one attached hydrogen (secondary N) is 1. The Bertz CT molecular complexity index is 482. The van der Waals surface area contributed by atoms with Gasteiger partial charge in [-0.25, -0.2) is 9.78 Å². The number of nitrogen functional groups attached to an aromatic ring is 1. The number of carbonyl (C=O) groups is 1. The molecule has 4 N–H and O–H groups in total. The van der Waals surface area contributed by atoms with E-state index in [0.29, 0.717) is 23.0 Å². The van der Waals surface area contributed by atoms with E-state index in [1.54, 1.807) is 0 Å². The van der Waals surface area contributed by atoms with E-state index >= 15 is 0 Å². The van der Waals surface area contributed by atoms with Crippen LogP contribution in [-0.4, -0.2) is 37.8 Å². The number of rotatable bonds is 3. The van der Waals surface area contributed by atoms with Crippen LogP contribution in [0.2, 0.25) is 0 Å². The van der Waals surface area contributed by atoms with Gasteiger partial charge in [0.15, 0.2) is 5.69 Å². The fourth-order valence-electron chi connectivity index (χ4n) is 1.84. The number of carboxylic acids is 1. The molecule has 6 nitrogen and oxygen atoms in total. The first-order chi connectivity index (χ1) is 8.56. The summed E-state index contributed by atoms with van der Waals surface area (Å²) in [5, 5.41) is 12.0. The summed E-state index contributed by atoms with van der Waals surface area (Å²) in [4.78, 5) is 14.8. The van der Waals surface area contributed by atoms with Crippen LogP contribution in [0.5, 0.6) is 0 Å². The quantitative estimate of drug-likeness (QED) is 0.745. The molecule has 0 spiro atoms. The van der Waals surface area contributed by atoms with E-state index in [2.05, 4.69) is 10.3 Å². The van der Waals surface area contributed by atoms with Crippen molar-refractivity contribution >= 4 is 28.3 Å². The summed E-state index contributed by atoms with van der Waals surface area (Å²) in [6.45, 7) is 0. The summed E-state index contributed by atoms with van der Waals surface area (Å²) < 4.78 is 11.2. The molecule has 0 bridgehead atoms. The van der Waals surface area contributed by atoms with Gasteiger partial charge in [-0.3, -0.25) is 4.21 Å². The Morgan fingerprint density at radius 1 is 1.44 bits per heavy atom. The molecule has 0 atom stereocenters. The molecule has 0 radical (unpaired) electrons. The van der Waals surface area contributed by atoms with Crippen molar-refractivity contribution in [2.24, 2.45) is 0 Å². The number of aromatic carboxylic acids is 1. The third-order valence-electron chi connectivity index (χ3n) is 2.87. The number of hydrogen-bond acceptors (Lipinski definition) is 5. The molecule has 2 rings (SSSR count). The molecule has 1 aliphatic rings. The molecule has 0 aliphatic carbocycles. The van der Waals surface area contributed by atoms with E-state index < -0.39 is 16.8 Å². The minimum absolute atomic E-state index is 0.0360. The number of hydrogen-bond donors (Lipinski definition) is 3. The summed E-state index contributed by atoms with van der Waals surface area (Å²) in [6, 6.07) is 3.06. The van der Waals surface area contributed by atoms with Crippen molar-refractivity contribution in [3.05, 3.63) is 17.8 Å². The maximum absolute atomic E-state index is 11.2. The molecule has 98 valence electrons. The van der Waals surface area contributed by atoms with Gasteiger partial charge in [0, 0.05) is 28.3 Å². The van der Waals surface area contributed by atoms with Gasteiger partial charge in [0.05, 0.1) is 5.69 Å². The van der Waals surface area contributed by atoms with Crippen molar-refractivity contribution < 1.29 is 14.1 Å². The summed E-state index contributed by atoms with van der Waals surface area (Å²) in [7, 11) is -0.722. The zero-order valence-electron chi connectivity index (χ0n) is 9.76. The molecule has 7 heteroatoms. The minimum atomic E-state index is -1.08. The highest BCUT2D eigenvalue weighted by Gasteiger charge is 2.19. The fourth-order valence-corrected chi connectivity index (χ4v) is 3.14. The Labute approximate surface area is 107 Å². The van der Waals surface area contributed by atoms with Crippen LogP contribution in [0.4, 0.5) is 11.5 Å². The summed E-state index contributed by atoms with van der Waals surface area (Å²) in [6.07, 6.45) is 1.57. The van der Waals surface area contributed by atoms with E-state index in [1.165, 1.54) is 12.1 Å². The first kappa shape index (κ1) is 12.8. The van der Waals surface area contributed by atoms with Gasteiger partial charge in [-0.15, -0.1) is 0 Å². The average Bonchev–Trinajstić information content (AvgIpc) is 2.34. The van der Waals surface area contributed by atoms with Crippen LogP contribution in [0, 0.1) is 0 Å². The molecule has 1 saturated heterocycles. The largest absolute Gasteiger partial charge is 0.477 e. The topological polar surface area (TPSA) is 105 Å². The lowest BCUT2D eigenvalue weighted by Gasteiger charge is -2.23. The zero-order valence-corrected chi connectivity index (χ0v) is 10.6. The molecule has 2 heterocycles. The molecule has 1 aromatic heterocycles. The molecule has 0 saturated carbocycles. The fraction of sp³-hybridized carbons (Fsp3) is 0.455. The number of carboxylic acid groups (broad SMARTS) is 1. The lowest BCUT2D eigenvalue weighted by Crippen LogP contribution is -2.30. The Morgan fingerprint density at radius 3 is 2.72 bits per heavy atom. The molecule has 18 heavy (non-hydrogen) atoms. The van der Waals surface area contributed by atoms with Crippen LogP contribution < -0.4 is 11.1 Å². The number of nitrogens with zero attached hydrogens (tertiary/aromatic N) is 1. The van der Waals surface area contributed by atoms with Gasteiger partial charge in [0.2, 0.25) is 0 Å². The van der Waals surface area contributed by atoms with Crippen LogP contribution in [0.25, 0.3) is 0 Å². The maximum atomic E-state index is 11.2. The number of nitrogens with two attached hydrogens (primary N) is 1. The van der Waals surface area contributed by atoms with Crippen molar-refractivity contribution in [1.82, 2.24) is 4.98 Å². The van der Waals surface area contributed by atoms with Gasteiger partial charge < -0.3 is 16.2 Å². The Balaban J connectivity index is 2.10. The second kappa shape index (κ2) is 5.34. The van der Waals surface area contributed by atoms with Crippen molar-refractivity contribution in [2.75, 3.05) is 22.6 Å². The Kier molecular flexibility index (Phi) is 3.81. The Morgan fingerprint density at radius 2 is 2.11 bits per heavy atom. The summed E-state index contributed by atoms with van der Waals surface area (Å²) >= 11 is 0. The van der Waals surface area contributed by atoms with Crippen molar-refractivity contribution in [1.29, 1.82) is 0 Å². The van der Waals surface area contributed by atoms with E-state index in [4.69, 9.17) is 10.8 Å². The highest BCUT2D eigenvalue weighted by molar-refractivity contribution is 7.85. The van der Waals surface area contributed by atoms with E-state index in [9.17, 15) is 9.00 Å². The van der Waals surface area contributed by atoms with Crippen LogP contribution in [0.15, 0.2) is 12.1 Å². The zero-order chi connectivity index (χ0) is 13.1. The van der Waals surface area contributed by atoms with Gasteiger partial charge in [-0.2, -0.15) is 0 Å². The predicted molar refractivity (Wildman–Crippen MR) is 70.1 cm³/mol. The first-order valence-corrected chi connectivity index (χ1v) is 7.16. The number of anilines is 2. The second-order valence-electron chi connectivity index (χ2n) is 4.21. The lowest BCUT2D eigenvalue weighted by atomic mass is 10.1. The van der Waals surface area contributed by atoms with Crippen LogP contribution in [-0.2, 0) is 10.8 Å². The smallest absolute Gasteiger partial charge is 0.354 e. The van der Waals surface area contributed by atoms with Crippen LogP contribution in [0.1, 0.15) is 23.3 Å². The molecule has 1 aromatic rings. The van der Waals surface area contributed by atoms with Crippen LogP contribution in [0.3, 0.4) is 0 Å². The minimum Gasteiger partial charge on any atom is -0.477 e. The number of pyridine rings is 1. The predicted octanol–water partition coefficient (Wildman–Crippen LogP) is 0.685. The van der Waals surface area contributed by atoms with E-state index in [0.717, 1.165) is 12.8 Å². The van der Waals surface area contributed by atoms with E-state index in [-0.39, 0.29) is 11.7 Å². The first-order valence-electron chi connectivity index (χ1n) is 5.67. The molecular weight excluding hydrogens is 254 g/mol. The SMILES string of the molecule is Nc1ccc(C(=O)O)nc1NC1CCS(=O)CC1. The molecular formula is C11H15N3O3S. The van der Waals surface area contributed by atoms with Gasteiger partial charge in [-0.1, -0.05) is 0 Å². The third-order valence-corrected chi connectivity index (χ3v) is 4.26. The maximum Gasteiger partial charge on any atom is 0.354 e. The summed E-state index contributed by atoms with van der Waals surface area (Å²) in [5.41, 5.74) is 6.14. The third kappa shape index (κ3) is 2.98. The number of aromatic nitrogens is 1. The molecule has 0 unspecified atom stereocenters. The standard InChI is InChI=1S/C11H15N3O3S/c12-8-1-2-9(11(15)16)14-10(8)13-7-3-5-18(17)6-4-7/h1-2,7H,3-6,12H2,(H,13,14)(H,15,16). The van der Waals surface area contributed by atoms with Crippen LogP contribution >= 0.6 is 0 Å². The monoisotopic (exact) mass is 269 g/mol. The van der Waals surface area contributed by atoms with Gasteiger partial charge in [0.1, 0.15) is 5.82 Å². The van der Waals surface area contributed by atoms with Crippen molar-refractivity contribution in [3.8, 4) is 0 Å². The van der Waals surface area contributed by atoms with Gasteiger partial charge in [0.25, 0.3) is 0 Å². The van der Waals surface area contributed by atoms with Gasteiger partial charge in [-0.05, 0) is 25.0 Å². The highest BCUT2D eigenvalue weighted by atomic mass is 32.2. The lowest BCUT2D eigenvalue weighted by molar-refractivity contribution is 0.0690. The van der Waals surface area contributed by atoms with Gasteiger partial charge >= 0.3 is 5.97 Å². The molecule has 1 aliphatic heterocycles. The second-order valence-corrected chi connectivity index (χ2v) is 5.90. The molecule has 0 aromatic carbocycles. The average molecular weight is 269 g/mol. The molecule has 1 fully saturated rings. The highest BCUT2D eigenvalue weighted by Crippen LogP contribution is 2.20. The normalized spacial score (nSPS) is 23.6. The molecule has 0 amide bonds. The van der Waals surface area contributed by atoms with Crippen molar-refractivity contribution in [3.63, 3.8) is 0 Å². The van der Waals surface area contributed by atoms with Crippen molar-refractivity contribution in [2.45, 2.75) is 18.9 Å². The van der Waals surface area contributed by atoms with E-state index in [1.807, 2.05) is 0 Å². The summed E-state index contributed by atoms with van der Waals surface area (Å²) in [5.74, 6) is 0.641. The Hall–Kier alpha value is -1.63.